The maximum atomic E-state index is 12.2. The van der Waals surface area contributed by atoms with Crippen LogP contribution in [0.15, 0.2) is 24.4 Å². The van der Waals surface area contributed by atoms with Crippen molar-refractivity contribution < 1.29 is 9.53 Å². The number of carbonyl (C=O) groups is 1. The normalized spacial score (nSPS) is 11.8. The second-order valence-electron chi connectivity index (χ2n) is 9.96. The maximum Gasteiger partial charge on any atom is 0.252 e. The molecule has 178 valence electrons. The maximum absolute atomic E-state index is 12.2. The van der Waals surface area contributed by atoms with Gasteiger partial charge in [-0.3, -0.25) is 4.79 Å². The largest absolute Gasteiger partial charge is 0.365 e. The highest BCUT2D eigenvalue weighted by Gasteiger charge is 2.20. The standard InChI is InChI=1S/C25H37N5O2Si/c1-7-8-9-21-24(27-20-11-10-17(2)14-18(20)3)29-22-19(23(26)31)15-30(25(22)28-21)16-32-12-13-33(4,5)6/h10-11,14-15H,7-9,12-13,16H2,1-6H3,(H2,26,31)(H,27,29). The first-order chi connectivity index (χ1) is 15.6. The summed E-state index contributed by atoms with van der Waals surface area (Å²) in [7, 11) is -1.18. The topological polar surface area (TPSA) is 95.1 Å². The van der Waals surface area contributed by atoms with E-state index in [2.05, 4.69) is 57.9 Å². The van der Waals surface area contributed by atoms with Crippen molar-refractivity contribution in [2.45, 2.75) is 72.4 Å². The highest BCUT2D eigenvalue weighted by Crippen LogP contribution is 2.27. The summed E-state index contributed by atoms with van der Waals surface area (Å²) in [5, 5.41) is 3.45. The second kappa shape index (κ2) is 10.5. The third-order valence-electron chi connectivity index (χ3n) is 5.66. The van der Waals surface area contributed by atoms with E-state index in [4.69, 9.17) is 20.4 Å². The van der Waals surface area contributed by atoms with Crippen LogP contribution in [0.5, 0.6) is 0 Å². The highest BCUT2D eigenvalue weighted by molar-refractivity contribution is 6.76. The predicted molar refractivity (Wildman–Crippen MR) is 138 cm³/mol. The molecule has 0 unspecified atom stereocenters. The molecule has 1 aromatic carbocycles. The Morgan fingerprint density at radius 3 is 2.61 bits per heavy atom. The third-order valence-corrected chi connectivity index (χ3v) is 7.36. The van der Waals surface area contributed by atoms with Gasteiger partial charge >= 0.3 is 0 Å². The van der Waals surface area contributed by atoms with Crippen LogP contribution in [-0.4, -0.2) is 35.1 Å². The van der Waals surface area contributed by atoms with Gasteiger partial charge in [-0.15, -0.1) is 0 Å². The summed E-state index contributed by atoms with van der Waals surface area (Å²) in [6, 6.07) is 7.32. The molecule has 0 aliphatic heterocycles. The fraction of sp³-hybridized carbons (Fsp3) is 0.480. The van der Waals surface area contributed by atoms with Gasteiger partial charge in [-0.25, -0.2) is 9.97 Å². The zero-order chi connectivity index (χ0) is 24.2. The van der Waals surface area contributed by atoms with E-state index in [9.17, 15) is 4.79 Å². The first-order valence-electron chi connectivity index (χ1n) is 11.7. The summed E-state index contributed by atoms with van der Waals surface area (Å²) in [5.41, 5.74) is 11.4. The lowest BCUT2D eigenvalue weighted by atomic mass is 10.1. The van der Waals surface area contributed by atoms with Gasteiger partial charge in [-0.1, -0.05) is 50.7 Å². The van der Waals surface area contributed by atoms with Gasteiger partial charge in [0.05, 0.1) is 11.3 Å². The molecule has 3 N–H and O–H groups in total. The van der Waals surface area contributed by atoms with Crippen LogP contribution >= 0.6 is 0 Å². The Morgan fingerprint density at radius 2 is 1.97 bits per heavy atom. The van der Waals surface area contributed by atoms with Crippen molar-refractivity contribution >= 4 is 36.7 Å². The number of nitrogens with one attached hydrogen (secondary N) is 1. The van der Waals surface area contributed by atoms with Crippen LogP contribution in [0.1, 0.15) is 46.9 Å². The lowest BCUT2D eigenvalue weighted by Crippen LogP contribution is -2.22. The Bertz CT molecular complexity index is 1130. The minimum absolute atomic E-state index is 0.319. The number of primary amides is 1. The molecule has 0 radical (unpaired) electrons. The zero-order valence-corrected chi connectivity index (χ0v) is 21.8. The molecule has 2 aromatic heterocycles. The van der Waals surface area contributed by atoms with Crippen molar-refractivity contribution in [2.75, 3.05) is 11.9 Å². The Hall–Kier alpha value is -2.71. The number of carbonyl (C=O) groups excluding carboxylic acids is 1. The average molecular weight is 468 g/mol. The molecule has 0 atom stereocenters. The monoisotopic (exact) mass is 467 g/mol. The quantitative estimate of drug-likeness (QED) is 0.285. The number of nitrogens with zero attached hydrogens (tertiary/aromatic N) is 3. The molecule has 3 rings (SSSR count). The fourth-order valence-corrected chi connectivity index (χ4v) is 4.40. The first-order valence-corrected chi connectivity index (χ1v) is 15.4. The van der Waals surface area contributed by atoms with Crippen LogP contribution in [0, 0.1) is 13.8 Å². The number of hydrogen-bond acceptors (Lipinski definition) is 5. The molecule has 0 saturated heterocycles. The van der Waals surface area contributed by atoms with Gasteiger partial charge in [0.15, 0.2) is 11.5 Å². The molecule has 1 amide bonds. The van der Waals surface area contributed by atoms with Crippen LogP contribution in [0.3, 0.4) is 0 Å². The number of nitrogens with two attached hydrogens (primary N) is 1. The van der Waals surface area contributed by atoms with Crippen LogP contribution in [0.4, 0.5) is 11.5 Å². The van der Waals surface area contributed by atoms with E-state index in [0.717, 1.165) is 42.3 Å². The van der Waals surface area contributed by atoms with Gasteiger partial charge in [-0.2, -0.15) is 0 Å². The van der Waals surface area contributed by atoms with Crippen molar-refractivity contribution in [3.05, 3.63) is 46.8 Å². The number of anilines is 2. The summed E-state index contributed by atoms with van der Waals surface area (Å²) >= 11 is 0. The zero-order valence-electron chi connectivity index (χ0n) is 20.8. The third kappa shape index (κ3) is 6.42. The lowest BCUT2D eigenvalue weighted by molar-refractivity contribution is 0.0895. The molecule has 0 aliphatic carbocycles. The van der Waals surface area contributed by atoms with Gasteiger partial charge in [0, 0.05) is 26.6 Å². The number of ether oxygens (including phenoxy) is 1. The summed E-state index contributed by atoms with van der Waals surface area (Å²) in [4.78, 5) is 22.0. The minimum atomic E-state index is -1.18. The molecule has 0 spiro atoms. The van der Waals surface area contributed by atoms with Crippen molar-refractivity contribution in [1.29, 1.82) is 0 Å². The van der Waals surface area contributed by atoms with E-state index in [1.54, 1.807) is 6.20 Å². The smallest absolute Gasteiger partial charge is 0.252 e. The van der Waals surface area contributed by atoms with Crippen molar-refractivity contribution in [3.63, 3.8) is 0 Å². The number of rotatable bonds is 11. The van der Waals surface area contributed by atoms with Gasteiger partial charge in [-0.05, 0) is 44.4 Å². The number of hydrogen-bond donors (Lipinski definition) is 2. The molecule has 3 aromatic rings. The Labute approximate surface area is 197 Å². The number of unbranched alkanes of at least 4 members (excludes halogenated alkanes) is 1. The summed E-state index contributed by atoms with van der Waals surface area (Å²) in [6.07, 6.45) is 4.56. The predicted octanol–water partition coefficient (Wildman–Crippen LogP) is 5.55. The Morgan fingerprint density at radius 1 is 1.21 bits per heavy atom. The number of amides is 1. The Balaban J connectivity index is 2.00. The van der Waals surface area contributed by atoms with E-state index < -0.39 is 14.0 Å². The SMILES string of the molecule is CCCCc1nc2c(nc1Nc1ccc(C)cc1C)c(C(N)=O)cn2COCC[Si](C)(C)C. The van der Waals surface area contributed by atoms with Crippen molar-refractivity contribution in [3.8, 4) is 0 Å². The summed E-state index contributed by atoms with van der Waals surface area (Å²) in [6.45, 7) is 14.3. The second-order valence-corrected chi connectivity index (χ2v) is 15.6. The molecule has 7 nitrogen and oxygen atoms in total. The number of aryl methyl sites for hydroxylation is 3. The van der Waals surface area contributed by atoms with Gasteiger partial charge in [0.25, 0.3) is 5.91 Å². The molecule has 0 bridgehead atoms. The summed E-state index contributed by atoms with van der Waals surface area (Å²) < 4.78 is 7.78. The van der Waals surface area contributed by atoms with Gasteiger partial charge < -0.3 is 20.4 Å². The minimum Gasteiger partial charge on any atom is -0.365 e. The number of benzene rings is 1. The highest BCUT2D eigenvalue weighted by atomic mass is 28.3. The number of aromatic nitrogens is 3. The van der Waals surface area contributed by atoms with E-state index in [-0.39, 0.29) is 0 Å². The van der Waals surface area contributed by atoms with Crippen molar-refractivity contribution in [2.24, 2.45) is 5.73 Å². The van der Waals surface area contributed by atoms with E-state index in [1.165, 1.54) is 5.56 Å². The van der Waals surface area contributed by atoms with Crippen LogP contribution in [0.2, 0.25) is 25.7 Å². The van der Waals surface area contributed by atoms with Crippen LogP contribution in [-0.2, 0) is 17.9 Å². The van der Waals surface area contributed by atoms with E-state index in [1.807, 2.05) is 10.6 Å². The molecule has 0 aliphatic rings. The van der Waals surface area contributed by atoms with E-state index in [0.29, 0.717) is 35.9 Å². The molecule has 8 heteroatoms. The molecule has 2 heterocycles. The molecule has 0 fully saturated rings. The molecule has 0 saturated carbocycles. The van der Waals surface area contributed by atoms with Crippen LogP contribution < -0.4 is 11.1 Å². The summed E-state index contributed by atoms with van der Waals surface area (Å²) in [5.74, 6) is 0.150. The van der Waals surface area contributed by atoms with Crippen LogP contribution in [0.25, 0.3) is 11.2 Å². The molecular weight excluding hydrogens is 430 g/mol. The Kier molecular flexibility index (Phi) is 7.91. The van der Waals surface area contributed by atoms with Gasteiger partial charge in [0.2, 0.25) is 0 Å². The van der Waals surface area contributed by atoms with E-state index >= 15 is 0 Å². The fourth-order valence-electron chi connectivity index (χ4n) is 3.64. The number of fused-ring (bicyclic) bond motifs is 1. The van der Waals surface area contributed by atoms with Crippen molar-refractivity contribution in [1.82, 2.24) is 14.5 Å². The lowest BCUT2D eigenvalue weighted by Gasteiger charge is -2.16. The average Bonchev–Trinajstić information content (AvgIpc) is 3.08. The first kappa shape index (κ1) is 24.9. The van der Waals surface area contributed by atoms with Gasteiger partial charge in [0.1, 0.15) is 12.2 Å². The molecule has 33 heavy (non-hydrogen) atoms. The molecular formula is C25H37N5O2Si.